The highest BCUT2D eigenvalue weighted by Crippen LogP contribution is 2.21. The number of nitrogen functional groups attached to an aromatic ring is 1. The van der Waals surface area contributed by atoms with Gasteiger partial charge in [0.25, 0.3) is 0 Å². The maximum absolute atomic E-state index is 10.2. The Morgan fingerprint density at radius 2 is 2.14 bits per heavy atom. The number of phenolic OH excluding ortho intramolecular Hbond substituents is 1. The number of carbonyl (C=O) groups is 1. The van der Waals surface area contributed by atoms with E-state index in [1.54, 1.807) is 18.2 Å². The van der Waals surface area contributed by atoms with E-state index in [2.05, 4.69) is 0 Å². The summed E-state index contributed by atoms with van der Waals surface area (Å²) in [6.07, 6.45) is 1.35. The van der Waals surface area contributed by atoms with Crippen LogP contribution >= 0.6 is 0 Å². The van der Waals surface area contributed by atoms with Crippen LogP contribution in [0, 0.1) is 0 Å². The van der Waals surface area contributed by atoms with E-state index in [9.17, 15) is 9.90 Å². The van der Waals surface area contributed by atoms with Gasteiger partial charge in [0.15, 0.2) is 0 Å². The van der Waals surface area contributed by atoms with Crippen molar-refractivity contribution in [3.05, 3.63) is 23.8 Å². The van der Waals surface area contributed by atoms with Crippen LogP contribution < -0.4 is 5.73 Å². The molecule has 0 unspecified atom stereocenters. The molecule has 0 spiro atoms. The predicted molar refractivity (Wildman–Crippen MR) is 53.1 cm³/mol. The summed E-state index contributed by atoms with van der Waals surface area (Å²) in [5.74, 6) is -0.748. The summed E-state index contributed by atoms with van der Waals surface area (Å²) in [5, 5.41) is 17.7. The lowest BCUT2D eigenvalue weighted by molar-refractivity contribution is -0.137. The molecule has 0 bridgehead atoms. The highest BCUT2D eigenvalue weighted by Gasteiger charge is 2.01. The third kappa shape index (κ3) is 2.97. The van der Waals surface area contributed by atoms with Gasteiger partial charge < -0.3 is 15.9 Å². The van der Waals surface area contributed by atoms with Crippen LogP contribution in [-0.2, 0) is 11.2 Å². The van der Waals surface area contributed by atoms with Gasteiger partial charge in [0, 0.05) is 6.42 Å². The van der Waals surface area contributed by atoms with E-state index >= 15 is 0 Å². The van der Waals surface area contributed by atoms with Gasteiger partial charge in [-0.15, -0.1) is 0 Å². The fourth-order valence-corrected chi connectivity index (χ4v) is 1.19. The van der Waals surface area contributed by atoms with Crippen molar-refractivity contribution in [1.82, 2.24) is 0 Å². The van der Waals surface area contributed by atoms with Gasteiger partial charge in [0.05, 0.1) is 5.69 Å². The Morgan fingerprint density at radius 1 is 1.43 bits per heavy atom. The summed E-state index contributed by atoms with van der Waals surface area (Å²) in [5.41, 5.74) is 6.66. The molecule has 4 heteroatoms. The SMILES string of the molecule is Nc1ccc(CCCC(=O)O)cc1O. The third-order valence-electron chi connectivity index (χ3n) is 1.95. The van der Waals surface area contributed by atoms with E-state index in [0.29, 0.717) is 18.5 Å². The molecule has 14 heavy (non-hydrogen) atoms. The minimum atomic E-state index is -0.801. The average molecular weight is 195 g/mol. The van der Waals surface area contributed by atoms with Gasteiger partial charge >= 0.3 is 5.97 Å². The number of aliphatic carboxylic acids is 1. The van der Waals surface area contributed by atoms with Crippen molar-refractivity contribution in [2.75, 3.05) is 5.73 Å². The molecular weight excluding hydrogens is 182 g/mol. The first-order chi connectivity index (χ1) is 6.59. The van der Waals surface area contributed by atoms with Crippen molar-refractivity contribution >= 4 is 11.7 Å². The van der Waals surface area contributed by atoms with Gasteiger partial charge in [0.2, 0.25) is 0 Å². The summed E-state index contributed by atoms with van der Waals surface area (Å²) in [6, 6.07) is 4.97. The first-order valence-electron chi connectivity index (χ1n) is 4.39. The van der Waals surface area contributed by atoms with Gasteiger partial charge in [-0.05, 0) is 30.5 Å². The van der Waals surface area contributed by atoms with Gasteiger partial charge in [-0.3, -0.25) is 4.79 Å². The lowest BCUT2D eigenvalue weighted by Gasteiger charge is -2.02. The number of hydrogen-bond acceptors (Lipinski definition) is 3. The van der Waals surface area contributed by atoms with Crippen LogP contribution in [0.15, 0.2) is 18.2 Å². The molecule has 0 aliphatic heterocycles. The van der Waals surface area contributed by atoms with Crippen molar-refractivity contribution < 1.29 is 15.0 Å². The molecule has 0 saturated carbocycles. The number of carboxylic acid groups (broad SMARTS) is 1. The van der Waals surface area contributed by atoms with Crippen molar-refractivity contribution in [3.63, 3.8) is 0 Å². The molecular formula is C10H13NO3. The molecule has 76 valence electrons. The van der Waals surface area contributed by atoms with Crippen LogP contribution in [0.1, 0.15) is 18.4 Å². The first-order valence-corrected chi connectivity index (χ1v) is 4.39. The third-order valence-corrected chi connectivity index (χ3v) is 1.95. The number of anilines is 1. The standard InChI is InChI=1S/C10H13NO3/c11-8-5-4-7(6-9(8)12)2-1-3-10(13)14/h4-6,12H,1-3,11H2,(H,13,14). The first kappa shape index (κ1) is 10.4. The van der Waals surface area contributed by atoms with E-state index in [1.165, 1.54) is 0 Å². The molecule has 0 aliphatic carbocycles. The second kappa shape index (κ2) is 4.50. The largest absolute Gasteiger partial charge is 0.506 e. The van der Waals surface area contributed by atoms with Crippen LogP contribution in [0.25, 0.3) is 0 Å². The lowest BCUT2D eigenvalue weighted by Crippen LogP contribution is -1.96. The van der Waals surface area contributed by atoms with Crippen LogP contribution in [0.2, 0.25) is 0 Å². The van der Waals surface area contributed by atoms with Gasteiger partial charge in [0.1, 0.15) is 5.75 Å². The van der Waals surface area contributed by atoms with Gasteiger partial charge in [-0.25, -0.2) is 0 Å². The molecule has 1 rings (SSSR count). The van der Waals surface area contributed by atoms with Crippen molar-refractivity contribution in [1.29, 1.82) is 0 Å². The predicted octanol–water partition coefficient (Wildman–Crippen LogP) is 1.38. The molecule has 0 aromatic heterocycles. The maximum Gasteiger partial charge on any atom is 0.303 e. The number of aryl methyl sites for hydroxylation is 1. The average Bonchev–Trinajstić information content (AvgIpc) is 2.10. The summed E-state index contributed by atoms with van der Waals surface area (Å²) in [6.45, 7) is 0. The van der Waals surface area contributed by atoms with Crippen molar-refractivity contribution in [3.8, 4) is 5.75 Å². The maximum atomic E-state index is 10.2. The number of rotatable bonds is 4. The zero-order chi connectivity index (χ0) is 10.6. The molecule has 4 N–H and O–H groups in total. The molecule has 0 saturated heterocycles. The zero-order valence-electron chi connectivity index (χ0n) is 7.73. The lowest BCUT2D eigenvalue weighted by atomic mass is 10.1. The number of carboxylic acids is 1. The highest BCUT2D eigenvalue weighted by atomic mass is 16.4. The van der Waals surface area contributed by atoms with Crippen molar-refractivity contribution in [2.24, 2.45) is 0 Å². The van der Waals surface area contributed by atoms with E-state index in [1.807, 2.05) is 0 Å². The topological polar surface area (TPSA) is 83.6 Å². The number of benzene rings is 1. The van der Waals surface area contributed by atoms with Crippen LogP contribution in [0.3, 0.4) is 0 Å². The fourth-order valence-electron chi connectivity index (χ4n) is 1.19. The number of nitrogens with two attached hydrogens (primary N) is 1. The van der Waals surface area contributed by atoms with Crippen LogP contribution in [0.4, 0.5) is 5.69 Å². The second-order valence-corrected chi connectivity index (χ2v) is 3.14. The molecule has 0 atom stereocenters. The molecule has 0 amide bonds. The summed E-state index contributed by atoms with van der Waals surface area (Å²) < 4.78 is 0. The fraction of sp³-hybridized carbons (Fsp3) is 0.300. The Morgan fingerprint density at radius 3 is 2.71 bits per heavy atom. The molecule has 0 fully saturated rings. The molecule has 0 heterocycles. The Kier molecular flexibility index (Phi) is 3.34. The van der Waals surface area contributed by atoms with E-state index in [-0.39, 0.29) is 12.2 Å². The monoisotopic (exact) mass is 195 g/mol. The van der Waals surface area contributed by atoms with Gasteiger partial charge in [-0.2, -0.15) is 0 Å². The number of aromatic hydroxyl groups is 1. The number of phenols is 1. The molecule has 0 aliphatic rings. The molecule has 4 nitrogen and oxygen atoms in total. The Balaban J connectivity index is 2.51. The molecule has 0 radical (unpaired) electrons. The highest BCUT2D eigenvalue weighted by molar-refractivity contribution is 5.66. The van der Waals surface area contributed by atoms with E-state index < -0.39 is 5.97 Å². The normalized spacial score (nSPS) is 10.0. The van der Waals surface area contributed by atoms with E-state index in [0.717, 1.165) is 5.56 Å². The zero-order valence-corrected chi connectivity index (χ0v) is 7.73. The van der Waals surface area contributed by atoms with Gasteiger partial charge in [-0.1, -0.05) is 6.07 Å². The molecule has 1 aromatic carbocycles. The Labute approximate surface area is 82.0 Å². The number of hydrogen-bond donors (Lipinski definition) is 3. The summed E-state index contributed by atoms with van der Waals surface area (Å²) >= 11 is 0. The Hall–Kier alpha value is -1.71. The second-order valence-electron chi connectivity index (χ2n) is 3.14. The smallest absolute Gasteiger partial charge is 0.303 e. The van der Waals surface area contributed by atoms with Crippen molar-refractivity contribution in [2.45, 2.75) is 19.3 Å². The Bertz CT molecular complexity index is 336. The van der Waals surface area contributed by atoms with Crippen LogP contribution in [-0.4, -0.2) is 16.2 Å². The quantitative estimate of drug-likeness (QED) is 0.500. The minimum absolute atomic E-state index is 0.0535. The molecule has 1 aromatic rings. The summed E-state index contributed by atoms with van der Waals surface area (Å²) in [4.78, 5) is 10.2. The van der Waals surface area contributed by atoms with Crippen LogP contribution in [0.5, 0.6) is 5.75 Å². The van der Waals surface area contributed by atoms with E-state index in [4.69, 9.17) is 10.8 Å². The summed E-state index contributed by atoms with van der Waals surface area (Å²) in [7, 11) is 0. The minimum Gasteiger partial charge on any atom is -0.506 e.